The number of carbonyl (C=O) groups is 2. The van der Waals surface area contributed by atoms with Crippen LogP contribution in [-0.2, 0) is 22.2 Å². The van der Waals surface area contributed by atoms with E-state index >= 15 is 0 Å². The molecule has 0 saturated heterocycles. The Kier molecular flexibility index (Phi) is 6.16. The Labute approximate surface area is 147 Å². The van der Waals surface area contributed by atoms with Gasteiger partial charge in [-0.15, -0.1) is 0 Å². The second-order valence-electron chi connectivity index (χ2n) is 5.20. The molecule has 0 spiro atoms. The van der Waals surface area contributed by atoms with Gasteiger partial charge in [-0.3, -0.25) is 9.59 Å². The molecular formula is C17H16F3N3O3. The molecule has 2 N–H and O–H groups in total. The van der Waals surface area contributed by atoms with Gasteiger partial charge in [0.05, 0.1) is 19.0 Å². The van der Waals surface area contributed by atoms with Gasteiger partial charge in [-0.25, -0.2) is 4.98 Å². The first kappa shape index (κ1) is 19.2. The van der Waals surface area contributed by atoms with Crippen LogP contribution in [0.25, 0.3) is 0 Å². The second kappa shape index (κ2) is 8.32. The summed E-state index contributed by atoms with van der Waals surface area (Å²) in [4.78, 5) is 26.7. The van der Waals surface area contributed by atoms with Crippen LogP contribution < -0.4 is 15.4 Å². The zero-order valence-electron chi connectivity index (χ0n) is 13.8. The van der Waals surface area contributed by atoms with E-state index in [1.165, 1.54) is 7.11 Å². The number of pyridine rings is 1. The summed E-state index contributed by atoms with van der Waals surface area (Å²) in [6.45, 7) is 0.192. The molecule has 0 aliphatic carbocycles. The molecule has 0 bridgehead atoms. The predicted molar refractivity (Wildman–Crippen MR) is 87.6 cm³/mol. The van der Waals surface area contributed by atoms with Gasteiger partial charge in [0.25, 0.3) is 0 Å². The summed E-state index contributed by atoms with van der Waals surface area (Å²) < 4.78 is 42.4. The molecule has 2 rings (SSSR count). The van der Waals surface area contributed by atoms with Crippen molar-refractivity contribution in [1.82, 2.24) is 10.3 Å². The van der Waals surface area contributed by atoms with Crippen molar-refractivity contribution in [1.29, 1.82) is 0 Å². The Bertz CT molecular complexity index is 777. The number of amides is 2. The molecule has 6 nitrogen and oxygen atoms in total. The molecule has 0 aliphatic rings. The van der Waals surface area contributed by atoms with Gasteiger partial charge in [-0.05, 0) is 30.2 Å². The number of ether oxygens (including phenoxy) is 1. The molecule has 1 aromatic carbocycles. The molecule has 0 unspecified atom stereocenters. The topological polar surface area (TPSA) is 80.3 Å². The Morgan fingerprint density at radius 2 is 1.85 bits per heavy atom. The first-order valence-electron chi connectivity index (χ1n) is 7.55. The number of halogens is 3. The van der Waals surface area contributed by atoms with E-state index in [9.17, 15) is 22.8 Å². The lowest BCUT2D eigenvalue weighted by molar-refractivity contribution is -0.141. The number of alkyl halides is 3. The zero-order valence-corrected chi connectivity index (χ0v) is 13.8. The molecule has 1 aromatic heterocycles. The SMILES string of the molecule is COc1ccccc1CCNC(=O)C(=O)Nc1ccc(C(F)(F)F)nc1. The molecule has 2 amide bonds. The van der Waals surface area contributed by atoms with Gasteiger partial charge in [-0.1, -0.05) is 18.2 Å². The third kappa shape index (κ3) is 5.20. The molecule has 0 fully saturated rings. The van der Waals surface area contributed by atoms with E-state index in [0.717, 1.165) is 23.9 Å². The lowest BCUT2D eigenvalue weighted by atomic mass is 10.1. The van der Waals surface area contributed by atoms with Crippen molar-refractivity contribution in [3.05, 3.63) is 53.9 Å². The maximum atomic E-state index is 12.4. The van der Waals surface area contributed by atoms with Crippen LogP contribution >= 0.6 is 0 Å². The van der Waals surface area contributed by atoms with Crippen molar-refractivity contribution in [2.24, 2.45) is 0 Å². The standard InChI is InChI=1S/C17H16F3N3O3/c1-26-13-5-3-2-4-11(13)8-9-21-15(24)16(25)23-12-6-7-14(22-10-12)17(18,19)20/h2-7,10H,8-9H2,1H3,(H,21,24)(H,23,25). The number of aromatic nitrogens is 1. The predicted octanol–water partition coefficient (Wildman–Crippen LogP) is 2.41. The highest BCUT2D eigenvalue weighted by atomic mass is 19.4. The van der Waals surface area contributed by atoms with Crippen LogP contribution in [0.5, 0.6) is 5.75 Å². The summed E-state index contributed by atoms with van der Waals surface area (Å²) in [7, 11) is 1.53. The number of anilines is 1. The second-order valence-corrected chi connectivity index (χ2v) is 5.20. The van der Waals surface area contributed by atoms with Gasteiger partial charge >= 0.3 is 18.0 Å². The van der Waals surface area contributed by atoms with Crippen LogP contribution in [0.4, 0.5) is 18.9 Å². The van der Waals surface area contributed by atoms with Crippen molar-refractivity contribution >= 4 is 17.5 Å². The highest BCUT2D eigenvalue weighted by Gasteiger charge is 2.32. The van der Waals surface area contributed by atoms with Gasteiger partial charge < -0.3 is 15.4 Å². The fraction of sp³-hybridized carbons (Fsp3) is 0.235. The summed E-state index contributed by atoms with van der Waals surface area (Å²) in [5.41, 5.74) is -0.234. The van der Waals surface area contributed by atoms with E-state index in [0.29, 0.717) is 12.2 Å². The third-order valence-corrected chi connectivity index (χ3v) is 3.39. The van der Waals surface area contributed by atoms with Crippen LogP contribution in [0.3, 0.4) is 0 Å². The van der Waals surface area contributed by atoms with E-state index < -0.39 is 23.7 Å². The van der Waals surface area contributed by atoms with Crippen LogP contribution in [0.2, 0.25) is 0 Å². The van der Waals surface area contributed by atoms with Gasteiger partial charge in [0.1, 0.15) is 11.4 Å². The van der Waals surface area contributed by atoms with Gasteiger partial charge in [0.15, 0.2) is 0 Å². The normalized spacial score (nSPS) is 10.9. The number of methoxy groups -OCH3 is 1. The molecule has 2 aromatic rings. The molecule has 138 valence electrons. The summed E-state index contributed by atoms with van der Waals surface area (Å²) in [6, 6.07) is 8.99. The largest absolute Gasteiger partial charge is 0.496 e. The molecule has 1 heterocycles. The Morgan fingerprint density at radius 1 is 1.12 bits per heavy atom. The highest BCUT2D eigenvalue weighted by molar-refractivity contribution is 6.39. The molecule has 0 radical (unpaired) electrons. The molecule has 0 saturated carbocycles. The maximum Gasteiger partial charge on any atom is 0.433 e. The van der Waals surface area contributed by atoms with E-state index in [1.54, 1.807) is 6.07 Å². The van der Waals surface area contributed by atoms with E-state index in [2.05, 4.69) is 15.6 Å². The van der Waals surface area contributed by atoms with Crippen LogP contribution in [0.15, 0.2) is 42.6 Å². The minimum atomic E-state index is -4.57. The smallest absolute Gasteiger partial charge is 0.433 e. The molecule has 26 heavy (non-hydrogen) atoms. The summed E-state index contributed by atoms with van der Waals surface area (Å²) in [5.74, 6) is -1.23. The first-order valence-corrected chi connectivity index (χ1v) is 7.55. The molecule has 9 heteroatoms. The number of nitrogens with one attached hydrogen (secondary N) is 2. The highest BCUT2D eigenvalue weighted by Crippen LogP contribution is 2.27. The summed E-state index contributed by atoms with van der Waals surface area (Å²) in [5, 5.41) is 4.62. The van der Waals surface area contributed by atoms with Crippen molar-refractivity contribution < 1.29 is 27.5 Å². The number of benzene rings is 1. The molecule has 0 atom stereocenters. The minimum absolute atomic E-state index is 0.0112. The number of nitrogens with zero attached hydrogens (tertiary/aromatic N) is 1. The van der Waals surface area contributed by atoms with Crippen molar-refractivity contribution in [3.8, 4) is 5.75 Å². The minimum Gasteiger partial charge on any atom is -0.496 e. The number of carbonyl (C=O) groups excluding carboxylic acids is 2. The van der Waals surface area contributed by atoms with Crippen molar-refractivity contribution in [2.75, 3.05) is 19.0 Å². The lowest BCUT2D eigenvalue weighted by Gasteiger charge is -2.10. The fourth-order valence-electron chi connectivity index (χ4n) is 2.12. The number of rotatable bonds is 5. The van der Waals surface area contributed by atoms with Crippen LogP contribution in [0, 0.1) is 0 Å². The Morgan fingerprint density at radius 3 is 2.46 bits per heavy atom. The van der Waals surface area contributed by atoms with E-state index in [4.69, 9.17) is 4.74 Å². The number of hydrogen-bond donors (Lipinski definition) is 2. The van der Waals surface area contributed by atoms with Gasteiger partial charge in [0.2, 0.25) is 0 Å². The first-order chi connectivity index (χ1) is 12.3. The van der Waals surface area contributed by atoms with Crippen molar-refractivity contribution in [3.63, 3.8) is 0 Å². The van der Waals surface area contributed by atoms with E-state index in [1.807, 2.05) is 18.2 Å². The summed E-state index contributed by atoms with van der Waals surface area (Å²) >= 11 is 0. The Hall–Kier alpha value is -3.10. The average Bonchev–Trinajstić information content (AvgIpc) is 2.61. The number of hydrogen-bond acceptors (Lipinski definition) is 4. The van der Waals surface area contributed by atoms with Crippen LogP contribution in [-0.4, -0.2) is 30.5 Å². The molecular weight excluding hydrogens is 351 g/mol. The van der Waals surface area contributed by atoms with Crippen LogP contribution in [0.1, 0.15) is 11.3 Å². The lowest BCUT2D eigenvalue weighted by Crippen LogP contribution is -2.36. The Balaban J connectivity index is 1.85. The fourth-order valence-corrected chi connectivity index (χ4v) is 2.12. The monoisotopic (exact) mass is 367 g/mol. The van der Waals surface area contributed by atoms with Gasteiger partial charge in [-0.2, -0.15) is 13.2 Å². The third-order valence-electron chi connectivity index (χ3n) is 3.39. The molecule has 0 aliphatic heterocycles. The maximum absolute atomic E-state index is 12.4. The average molecular weight is 367 g/mol. The summed E-state index contributed by atoms with van der Waals surface area (Å²) in [6.07, 6.45) is -3.29. The van der Waals surface area contributed by atoms with Gasteiger partial charge in [0, 0.05) is 6.54 Å². The zero-order chi connectivity index (χ0) is 19.2. The quantitative estimate of drug-likeness (QED) is 0.796. The van der Waals surface area contributed by atoms with E-state index in [-0.39, 0.29) is 12.2 Å². The number of para-hydroxylation sites is 1. The van der Waals surface area contributed by atoms with Crippen molar-refractivity contribution in [2.45, 2.75) is 12.6 Å².